The van der Waals surface area contributed by atoms with Gasteiger partial charge in [-0.05, 0) is 64.6 Å². The second-order valence-electron chi connectivity index (χ2n) is 5.97. The Hall–Kier alpha value is -0.120. The van der Waals surface area contributed by atoms with E-state index in [1.807, 2.05) is 0 Å². The molecule has 2 aliphatic rings. The van der Waals surface area contributed by atoms with Crippen LogP contribution in [0.5, 0.6) is 0 Å². The van der Waals surface area contributed by atoms with Crippen molar-refractivity contribution in [3.8, 4) is 0 Å². The fourth-order valence-corrected chi connectivity index (χ4v) is 3.36. The minimum atomic E-state index is 0.515. The molecule has 0 radical (unpaired) electrons. The Morgan fingerprint density at radius 1 is 1.22 bits per heavy atom. The highest BCUT2D eigenvalue weighted by molar-refractivity contribution is 4.80. The zero-order chi connectivity index (χ0) is 12.8. The van der Waals surface area contributed by atoms with Crippen LogP contribution in [0, 0.1) is 5.92 Å². The van der Waals surface area contributed by atoms with Crippen molar-refractivity contribution in [2.24, 2.45) is 5.92 Å². The van der Waals surface area contributed by atoms with E-state index in [-0.39, 0.29) is 0 Å². The lowest BCUT2D eigenvalue weighted by Gasteiger charge is -2.37. The van der Waals surface area contributed by atoms with Gasteiger partial charge in [0.2, 0.25) is 0 Å². The molecule has 2 unspecified atom stereocenters. The number of likely N-dealkylation sites (tertiary alicyclic amines) is 1. The molecule has 106 valence electrons. The van der Waals surface area contributed by atoms with Crippen LogP contribution in [-0.4, -0.2) is 49.8 Å². The summed E-state index contributed by atoms with van der Waals surface area (Å²) in [6.07, 6.45) is 7.11. The molecule has 0 spiro atoms. The van der Waals surface area contributed by atoms with Crippen molar-refractivity contribution in [2.45, 2.75) is 58.1 Å². The number of hydrogen-bond acceptors (Lipinski definition) is 3. The molecule has 0 saturated carbocycles. The van der Waals surface area contributed by atoms with E-state index in [0.717, 1.165) is 19.1 Å². The van der Waals surface area contributed by atoms with Crippen LogP contribution >= 0.6 is 0 Å². The fourth-order valence-electron chi connectivity index (χ4n) is 3.36. The lowest BCUT2D eigenvalue weighted by Crippen LogP contribution is -2.44. The van der Waals surface area contributed by atoms with Crippen molar-refractivity contribution in [2.75, 3.05) is 32.8 Å². The molecule has 18 heavy (non-hydrogen) atoms. The van der Waals surface area contributed by atoms with Crippen LogP contribution in [0.1, 0.15) is 46.0 Å². The monoisotopic (exact) mass is 254 g/mol. The van der Waals surface area contributed by atoms with E-state index in [9.17, 15) is 0 Å². The van der Waals surface area contributed by atoms with Crippen molar-refractivity contribution < 1.29 is 4.74 Å². The quantitative estimate of drug-likeness (QED) is 0.814. The average molecular weight is 254 g/mol. The van der Waals surface area contributed by atoms with Gasteiger partial charge < -0.3 is 15.0 Å². The zero-order valence-electron chi connectivity index (χ0n) is 12.2. The minimum Gasteiger partial charge on any atom is -0.377 e. The van der Waals surface area contributed by atoms with Crippen molar-refractivity contribution in [1.82, 2.24) is 10.2 Å². The Labute approximate surface area is 112 Å². The summed E-state index contributed by atoms with van der Waals surface area (Å²) in [5, 5.41) is 3.57. The molecule has 0 aromatic heterocycles. The Bertz CT molecular complexity index is 221. The third-order valence-corrected chi connectivity index (χ3v) is 4.60. The van der Waals surface area contributed by atoms with Gasteiger partial charge in [-0.25, -0.2) is 0 Å². The number of hydrogen-bond donors (Lipinski definition) is 1. The standard InChI is InChI=1S/C15H30N2O/c1-3-16-13(2)14-7-9-17(10-8-14)12-15-6-4-5-11-18-15/h13-16H,3-12H2,1-2H3. The zero-order valence-corrected chi connectivity index (χ0v) is 12.2. The summed E-state index contributed by atoms with van der Waals surface area (Å²) in [7, 11) is 0. The van der Waals surface area contributed by atoms with Gasteiger partial charge in [0.1, 0.15) is 0 Å². The van der Waals surface area contributed by atoms with Crippen molar-refractivity contribution in [3.63, 3.8) is 0 Å². The molecule has 0 aromatic carbocycles. The summed E-state index contributed by atoms with van der Waals surface area (Å²) >= 11 is 0. The molecule has 0 aromatic rings. The average Bonchev–Trinajstić information content (AvgIpc) is 2.41. The van der Waals surface area contributed by atoms with E-state index in [1.54, 1.807) is 0 Å². The van der Waals surface area contributed by atoms with Crippen LogP contribution in [0.3, 0.4) is 0 Å². The lowest BCUT2D eigenvalue weighted by atomic mass is 9.90. The van der Waals surface area contributed by atoms with Gasteiger partial charge in [-0.3, -0.25) is 0 Å². The molecule has 2 aliphatic heterocycles. The van der Waals surface area contributed by atoms with Gasteiger partial charge in [0.05, 0.1) is 6.10 Å². The topological polar surface area (TPSA) is 24.5 Å². The van der Waals surface area contributed by atoms with Crippen LogP contribution in [0.4, 0.5) is 0 Å². The summed E-state index contributed by atoms with van der Waals surface area (Å²) in [4.78, 5) is 2.62. The third-order valence-electron chi connectivity index (χ3n) is 4.60. The van der Waals surface area contributed by atoms with Crippen LogP contribution in [-0.2, 0) is 4.74 Å². The first-order chi connectivity index (χ1) is 8.79. The van der Waals surface area contributed by atoms with Crippen molar-refractivity contribution in [1.29, 1.82) is 0 Å². The van der Waals surface area contributed by atoms with Crippen LogP contribution in [0.25, 0.3) is 0 Å². The molecule has 0 aliphatic carbocycles. The largest absolute Gasteiger partial charge is 0.377 e. The molecular weight excluding hydrogens is 224 g/mol. The Morgan fingerprint density at radius 3 is 2.61 bits per heavy atom. The van der Waals surface area contributed by atoms with Crippen LogP contribution in [0.15, 0.2) is 0 Å². The number of nitrogens with zero attached hydrogens (tertiary/aromatic N) is 1. The Kier molecular flexibility index (Phi) is 5.93. The highest BCUT2D eigenvalue weighted by atomic mass is 16.5. The molecule has 0 amide bonds. The predicted octanol–water partition coefficient (Wildman–Crippen LogP) is 2.27. The first-order valence-electron chi connectivity index (χ1n) is 7.87. The lowest BCUT2D eigenvalue weighted by molar-refractivity contribution is -0.0121. The van der Waals surface area contributed by atoms with Gasteiger partial charge in [0.15, 0.2) is 0 Å². The molecule has 2 saturated heterocycles. The first-order valence-corrected chi connectivity index (χ1v) is 7.87. The highest BCUT2D eigenvalue weighted by Crippen LogP contribution is 2.22. The maximum atomic E-state index is 5.84. The number of piperidine rings is 1. The van der Waals surface area contributed by atoms with Crippen molar-refractivity contribution >= 4 is 0 Å². The molecule has 2 rings (SSSR count). The van der Waals surface area contributed by atoms with Gasteiger partial charge in [0.25, 0.3) is 0 Å². The Morgan fingerprint density at radius 2 is 2.00 bits per heavy atom. The molecule has 0 bridgehead atoms. The smallest absolute Gasteiger partial charge is 0.0702 e. The van der Waals surface area contributed by atoms with Crippen LogP contribution < -0.4 is 5.32 Å². The third kappa shape index (κ3) is 4.22. The second kappa shape index (κ2) is 7.46. The van der Waals surface area contributed by atoms with E-state index >= 15 is 0 Å². The SMILES string of the molecule is CCNC(C)C1CCN(CC2CCCCO2)CC1. The molecular formula is C15H30N2O. The maximum Gasteiger partial charge on any atom is 0.0702 e. The second-order valence-corrected chi connectivity index (χ2v) is 5.97. The predicted molar refractivity (Wildman–Crippen MR) is 75.9 cm³/mol. The minimum absolute atomic E-state index is 0.515. The molecule has 3 heteroatoms. The molecule has 2 fully saturated rings. The van der Waals surface area contributed by atoms with E-state index < -0.39 is 0 Å². The van der Waals surface area contributed by atoms with E-state index in [4.69, 9.17) is 4.74 Å². The van der Waals surface area contributed by atoms with E-state index in [2.05, 4.69) is 24.1 Å². The number of ether oxygens (including phenoxy) is 1. The summed E-state index contributed by atoms with van der Waals surface area (Å²) in [6, 6.07) is 0.683. The van der Waals surface area contributed by atoms with E-state index in [1.165, 1.54) is 51.7 Å². The van der Waals surface area contributed by atoms with Gasteiger partial charge >= 0.3 is 0 Å². The normalized spacial score (nSPS) is 29.3. The number of rotatable bonds is 5. The highest BCUT2D eigenvalue weighted by Gasteiger charge is 2.25. The molecule has 2 heterocycles. The van der Waals surface area contributed by atoms with Crippen LogP contribution in [0.2, 0.25) is 0 Å². The van der Waals surface area contributed by atoms with Gasteiger partial charge in [-0.2, -0.15) is 0 Å². The van der Waals surface area contributed by atoms with Gasteiger partial charge in [0, 0.05) is 19.2 Å². The summed E-state index contributed by atoms with van der Waals surface area (Å²) in [6.45, 7) is 10.3. The first kappa shape index (κ1) is 14.3. The molecule has 3 nitrogen and oxygen atoms in total. The fraction of sp³-hybridized carbons (Fsp3) is 1.00. The van der Waals surface area contributed by atoms with Gasteiger partial charge in [-0.15, -0.1) is 0 Å². The molecule has 2 atom stereocenters. The summed E-state index contributed by atoms with van der Waals surface area (Å²) < 4.78 is 5.84. The Balaban J connectivity index is 1.66. The van der Waals surface area contributed by atoms with E-state index in [0.29, 0.717) is 12.1 Å². The summed E-state index contributed by atoms with van der Waals surface area (Å²) in [5.41, 5.74) is 0. The molecule has 1 N–H and O–H groups in total. The maximum absolute atomic E-state index is 5.84. The van der Waals surface area contributed by atoms with Crippen molar-refractivity contribution in [3.05, 3.63) is 0 Å². The van der Waals surface area contributed by atoms with Gasteiger partial charge in [-0.1, -0.05) is 6.92 Å². The number of nitrogens with one attached hydrogen (secondary N) is 1. The summed E-state index contributed by atoms with van der Waals surface area (Å²) in [5.74, 6) is 0.869.